The Kier molecular flexibility index (Phi) is 5.07. The summed E-state index contributed by atoms with van der Waals surface area (Å²) in [5.41, 5.74) is 4.23. The predicted octanol–water partition coefficient (Wildman–Crippen LogP) is 4.42. The third kappa shape index (κ3) is 3.92. The fourth-order valence-corrected chi connectivity index (χ4v) is 5.14. The monoisotopic (exact) mass is 446 g/mol. The van der Waals surface area contributed by atoms with E-state index in [1.165, 1.54) is 4.31 Å². The molecule has 0 bridgehead atoms. The standard InChI is InChI=1S/C25H22N2O4S/c1-32(29,30)27-16-20-8-3-2-6-18(20)14-22(27)25(28)26-21-12-10-17(11-13-21)24-15-19-7-4-5-9-23(19)31-24/h2-13,15,22H,14,16H2,1H3,(H,26,28)/t22-/m0/s1. The molecule has 1 aromatic heterocycles. The van der Waals surface area contributed by atoms with E-state index in [1.807, 2.05) is 66.7 Å². The van der Waals surface area contributed by atoms with E-state index < -0.39 is 16.1 Å². The van der Waals surface area contributed by atoms with Crippen LogP contribution in [0.25, 0.3) is 22.3 Å². The topological polar surface area (TPSA) is 79.6 Å². The van der Waals surface area contributed by atoms with Crippen LogP contribution >= 0.6 is 0 Å². The number of anilines is 1. The van der Waals surface area contributed by atoms with Gasteiger partial charge in [0.05, 0.1) is 6.26 Å². The molecule has 0 radical (unpaired) electrons. The zero-order valence-electron chi connectivity index (χ0n) is 17.5. The van der Waals surface area contributed by atoms with Gasteiger partial charge in [0.25, 0.3) is 0 Å². The van der Waals surface area contributed by atoms with Crippen LogP contribution in [0.1, 0.15) is 11.1 Å². The summed E-state index contributed by atoms with van der Waals surface area (Å²) in [7, 11) is -3.55. The van der Waals surface area contributed by atoms with Gasteiger partial charge in [-0.1, -0.05) is 42.5 Å². The van der Waals surface area contributed by atoms with Gasteiger partial charge < -0.3 is 9.73 Å². The lowest BCUT2D eigenvalue weighted by atomic mass is 9.95. The van der Waals surface area contributed by atoms with Gasteiger partial charge in [-0.05, 0) is 53.9 Å². The van der Waals surface area contributed by atoms with Gasteiger partial charge in [0.1, 0.15) is 17.4 Å². The van der Waals surface area contributed by atoms with Gasteiger partial charge in [-0.2, -0.15) is 4.31 Å². The van der Waals surface area contributed by atoms with Crippen LogP contribution in [0.15, 0.2) is 83.3 Å². The van der Waals surface area contributed by atoms with Gasteiger partial charge in [0.2, 0.25) is 15.9 Å². The van der Waals surface area contributed by atoms with Crippen LogP contribution in [0.5, 0.6) is 0 Å². The number of fused-ring (bicyclic) bond motifs is 2. The molecule has 0 saturated carbocycles. The Hall–Kier alpha value is -3.42. The highest BCUT2D eigenvalue weighted by Gasteiger charge is 2.36. The normalized spacial score (nSPS) is 16.6. The number of carbonyl (C=O) groups is 1. The summed E-state index contributed by atoms with van der Waals surface area (Å²) in [5, 5.41) is 3.90. The smallest absolute Gasteiger partial charge is 0.243 e. The molecule has 0 saturated heterocycles. The van der Waals surface area contributed by atoms with Crippen LogP contribution in [0, 0.1) is 0 Å². The van der Waals surface area contributed by atoms with E-state index in [2.05, 4.69) is 5.32 Å². The summed E-state index contributed by atoms with van der Waals surface area (Å²) in [6, 6.07) is 23.9. The molecule has 1 amide bonds. The summed E-state index contributed by atoms with van der Waals surface area (Å²) in [6.07, 6.45) is 1.48. The first-order chi connectivity index (χ1) is 15.4. The number of nitrogens with one attached hydrogen (secondary N) is 1. The average Bonchev–Trinajstić information content (AvgIpc) is 3.22. The van der Waals surface area contributed by atoms with Gasteiger partial charge in [-0.15, -0.1) is 0 Å². The molecule has 32 heavy (non-hydrogen) atoms. The summed E-state index contributed by atoms with van der Waals surface area (Å²) in [4.78, 5) is 13.1. The van der Waals surface area contributed by atoms with Crippen LogP contribution in [0.3, 0.4) is 0 Å². The first kappa shape index (κ1) is 20.5. The molecule has 0 fully saturated rings. The second-order valence-electron chi connectivity index (χ2n) is 8.01. The van der Waals surface area contributed by atoms with E-state index in [0.717, 1.165) is 39.7 Å². The molecule has 2 heterocycles. The quantitative estimate of drug-likeness (QED) is 0.503. The minimum Gasteiger partial charge on any atom is -0.456 e. The highest BCUT2D eigenvalue weighted by Crippen LogP contribution is 2.29. The fourth-order valence-electron chi connectivity index (χ4n) is 4.14. The lowest BCUT2D eigenvalue weighted by Crippen LogP contribution is -2.50. The van der Waals surface area contributed by atoms with Crippen molar-refractivity contribution < 1.29 is 17.6 Å². The largest absolute Gasteiger partial charge is 0.456 e. The van der Waals surface area contributed by atoms with E-state index >= 15 is 0 Å². The average molecular weight is 447 g/mol. The number of carbonyl (C=O) groups excluding carboxylic acids is 1. The van der Waals surface area contributed by atoms with Gasteiger partial charge in [-0.25, -0.2) is 8.42 Å². The highest BCUT2D eigenvalue weighted by atomic mass is 32.2. The van der Waals surface area contributed by atoms with E-state index in [4.69, 9.17) is 4.42 Å². The van der Waals surface area contributed by atoms with Crippen LogP contribution in [-0.2, 0) is 27.8 Å². The maximum Gasteiger partial charge on any atom is 0.243 e. The van der Waals surface area contributed by atoms with Crippen LogP contribution in [0.4, 0.5) is 5.69 Å². The second kappa shape index (κ2) is 7.93. The number of furan rings is 1. The van der Waals surface area contributed by atoms with Crippen molar-refractivity contribution in [3.63, 3.8) is 0 Å². The molecule has 4 aromatic rings. The van der Waals surface area contributed by atoms with Crippen molar-refractivity contribution in [2.45, 2.75) is 19.0 Å². The molecule has 1 atom stereocenters. The number of hydrogen-bond acceptors (Lipinski definition) is 4. The van der Waals surface area contributed by atoms with Crippen molar-refractivity contribution in [3.05, 3.63) is 90.0 Å². The van der Waals surface area contributed by atoms with Crippen molar-refractivity contribution in [2.75, 3.05) is 11.6 Å². The summed E-state index contributed by atoms with van der Waals surface area (Å²) < 4.78 is 31.9. The van der Waals surface area contributed by atoms with E-state index in [9.17, 15) is 13.2 Å². The molecule has 5 rings (SSSR count). The lowest BCUT2D eigenvalue weighted by Gasteiger charge is -2.34. The molecule has 1 aliphatic rings. The number of benzene rings is 3. The molecule has 0 spiro atoms. The Morgan fingerprint density at radius 2 is 1.66 bits per heavy atom. The molecule has 0 unspecified atom stereocenters. The minimum atomic E-state index is -3.55. The third-order valence-corrected chi connectivity index (χ3v) is 7.03. The molecule has 1 N–H and O–H groups in total. The number of nitrogens with zero attached hydrogens (tertiary/aromatic N) is 1. The van der Waals surface area contributed by atoms with Crippen LogP contribution in [0.2, 0.25) is 0 Å². The molecular formula is C25H22N2O4S. The summed E-state index contributed by atoms with van der Waals surface area (Å²) in [6.45, 7) is 0.193. The Morgan fingerprint density at radius 3 is 2.38 bits per heavy atom. The maximum atomic E-state index is 13.1. The zero-order valence-corrected chi connectivity index (χ0v) is 18.3. The van der Waals surface area contributed by atoms with Crippen molar-refractivity contribution in [1.29, 1.82) is 0 Å². The molecule has 1 aliphatic heterocycles. The van der Waals surface area contributed by atoms with Gasteiger partial charge in [0.15, 0.2) is 0 Å². The Labute approximate surface area is 186 Å². The fraction of sp³-hybridized carbons (Fsp3) is 0.160. The number of rotatable bonds is 4. The van der Waals surface area contributed by atoms with Crippen LogP contribution in [-0.4, -0.2) is 30.9 Å². The summed E-state index contributed by atoms with van der Waals surface area (Å²) >= 11 is 0. The van der Waals surface area contributed by atoms with E-state index in [-0.39, 0.29) is 12.5 Å². The van der Waals surface area contributed by atoms with E-state index in [1.54, 1.807) is 12.1 Å². The molecule has 0 aliphatic carbocycles. The number of amides is 1. The zero-order chi connectivity index (χ0) is 22.3. The van der Waals surface area contributed by atoms with Crippen molar-refractivity contribution in [2.24, 2.45) is 0 Å². The van der Waals surface area contributed by atoms with Crippen molar-refractivity contribution in [3.8, 4) is 11.3 Å². The molecule has 3 aromatic carbocycles. The van der Waals surface area contributed by atoms with Gasteiger partial charge in [0, 0.05) is 23.2 Å². The van der Waals surface area contributed by atoms with Crippen molar-refractivity contribution >= 4 is 32.6 Å². The first-order valence-electron chi connectivity index (χ1n) is 10.3. The highest BCUT2D eigenvalue weighted by molar-refractivity contribution is 7.88. The van der Waals surface area contributed by atoms with Crippen molar-refractivity contribution in [1.82, 2.24) is 4.31 Å². The Morgan fingerprint density at radius 1 is 0.969 bits per heavy atom. The second-order valence-corrected chi connectivity index (χ2v) is 9.95. The number of sulfonamides is 1. The Balaban J connectivity index is 1.37. The first-order valence-corrected chi connectivity index (χ1v) is 12.2. The number of hydrogen-bond donors (Lipinski definition) is 1. The molecule has 6 nitrogen and oxygen atoms in total. The molecule has 7 heteroatoms. The van der Waals surface area contributed by atoms with Gasteiger partial charge in [-0.3, -0.25) is 4.79 Å². The molecule has 162 valence electrons. The predicted molar refractivity (Wildman–Crippen MR) is 125 cm³/mol. The lowest BCUT2D eigenvalue weighted by molar-refractivity contribution is -0.120. The van der Waals surface area contributed by atoms with Gasteiger partial charge >= 0.3 is 0 Å². The maximum absolute atomic E-state index is 13.1. The Bertz CT molecular complexity index is 1370. The van der Waals surface area contributed by atoms with Crippen LogP contribution < -0.4 is 5.32 Å². The number of para-hydroxylation sites is 1. The third-order valence-electron chi connectivity index (χ3n) is 5.80. The minimum absolute atomic E-state index is 0.193. The summed E-state index contributed by atoms with van der Waals surface area (Å²) in [5.74, 6) is 0.401. The van der Waals surface area contributed by atoms with E-state index in [0.29, 0.717) is 12.1 Å². The SMILES string of the molecule is CS(=O)(=O)N1Cc2ccccc2C[C@H]1C(=O)Nc1ccc(-c2cc3ccccc3o2)cc1. The molecular weight excluding hydrogens is 424 g/mol.